The molecule has 1 aromatic carbocycles. The van der Waals surface area contributed by atoms with Gasteiger partial charge in [-0.15, -0.1) is 24.0 Å². The quantitative estimate of drug-likeness (QED) is 0.396. The fourth-order valence-corrected chi connectivity index (χ4v) is 2.21. The maximum absolute atomic E-state index is 12.9. The lowest BCUT2D eigenvalue weighted by Crippen LogP contribution is -2.37. The Labute approximate surface area is 164 Å². The Bertz CT molecular complexity index is 704. The van der Waals surface area contributed by atoms with E-state index in [0.717, 1.165) is 24.0 Å². The van der Waals surface area contributed by atoms with Gasteiger partial charge < -0.3 is 15.4 Å². The van der Waals surface area contributed by atoms with Crippen LogP contribution in [0.25, 0.3) is 0 Å². The lowest BCUT2D eigenvalue weighted by Gasteiger charge is -2.12. The summed E-state index contributed by atoms with van der Waals surface area (Å²) in [5.41, 5.74) is 1.02. The zero-order chi connectivity index (χ0) is 16.8. The van der Waals surface area contributed by atoms with E-state index in [9.17, 15) is 4.39 Å². The Morgan fingerprint density at radius 1 is 1.24 bits per heavy atom. The molecule has 1 aliphatic rings. The Hall–Kier alpha value is -1.90. The molecule has 1 aromatic heterocycles. The monoisotopic (exact) mass is 456 g/mol. The van der Waals surface area contributed by atoms with Crippen LogP contribution < -0.4 is 15.4 Å². The van der Waals surface area contributed by atoms with Crippen molar-refractivity contribution in [3.63, 3.8) is 0 Å². The van der Waals surface area contributed by atoms with Gasteiger partial charge in [0.05, 0.1) is 0 Å². The number of rotatable bonds is 6. The lowest BCUT2D eigenvalue weighted by atomic mass is 10.2. The molecule has 0 unspecified atom stereocenters. The van der Waals surface area contributed by atoms with Crippen molar-refractivity contribution >= 4 is 29.9 Å². The summed E-state index contributed by atoms with van der Waals surface area (Å²) in [6.07, 6.45) is 4.30. The maximum atomic E-state index is 12.9. The Balaban J connectivity index is 0.00000225. The number of hydrogen-bond donors (Lipinski definition) is 2. The molecule has 1 heterocycles. The lowest BCUT2D eigenvalue weighted by molar-refractivity contribution is 0.460. The Kier molecular flexibility index (Phi) is 7.42. The van der Waals surface area contributed by atoms with Crippen molar-refractivity contribution in [2.45, 2.75) is 19.4 Å². The van der Waals surface area contributed by atoms with Gasteiger partial charge in [0, 0.05) is 32.4 Å². The number of pyridine rings is 1. The van der Waals surface area contributed by atoms with Crippen molar-refractivity contribution in [1.82, 2.24) is 15.6 Å². The van der Waals surface area contributed by atoms with Crippen molar-refractivity contribution in [3.8, 4) is 11.6 Å². The summed E-state index contributed by atoms with van der Waals surface area (Å²) >= 11 is 0. The molecule has 2 aromatic rings. The van der Waals surface area contributed by atoms with Crippen molar-refractivity contribution in [1.29, 1.82) is 0 Å². The van der Waals surface area contributed by atoms with E-state index in [4.69, 9.17) is 4.74 Å². The molecule has 0 amide bonds. The molecule has 1 saturated carbocycles. The highest BCUT2D eigenvalue weighted by Gasteiger charge is 2.20. The van der Waals surface area contributed by atoms with Gasteiger partial charge in [-0.25, -0.2) is 9.37 Å². The van der Waals surface area contributed by atoms with Gasteiger partial charge in [0.1, 0.15) is 11.6 Å². The van der Waals surface area contributed by atoms with E-state index in [1.807, 2.05) is 12.1 Å². The number of nitrogens with zero attached hydrogens (tertiary/aromatic N) is 2. The third kappa shape index (κ3) is 6.49. The molecule has 1 fully saturated rings. The SMILES string of the molecule is CN=C(NCc1ccnc(Oc2ccc(F)cc2)c1)NCC1CC1.I. The molecule has 7 heteroatoms. The zero-order valence-corrected chi connectivity index (χ0v) is 16.4. The second-order valence-corrected chi connectivity index (χ2v) is 5.81. The number of aromatic nitrogens is 1. The Morgan fingerprint density at radius 3 is 2.68 bits per heavy atom. The second-order valence-electron chi connectivity index (χ2n) is 5.81. The summed E-state index contributed by atoms with van der Waals surface area (Å²) in [5.74, 6) is 2.32. The molecule has 3 rings (SSSR count). The van der Waals surface area contributed by atoms with E-state index in [0.29, 0.717) is 18.2 Å². The van der Waals surface area contributed by atoms with E-state index in [1.54, 1.807) is 25.4 Å². The minimum absolute atomic E-state index is 0. The molecule has 25 heavy (non-hydrogen) atoms. The zero-order valence-electron chi connectivity index (χ0n) is 14.0. The van der Waals surface area contributed by atoms with E-state index in [1.165, 1.54) is 25.0 Å². The predicted molar refractivity (Wildman–Crippen MR) is 107 cm³/mol. The van der Waals surface area contributed by atoms with E-state index < -0.39 is 0 Å². The van der Waals surface area contributed by atoms with Crippen molar-refractivity contribution in [3.05, 3.63) is 54.0 Å². The summed E-state index contributed by atoms with van der Waals surface area (Å²) in [7, 11) is 1.76. The standard InChI is InChI=1S/C18H21FN4O.HI/c1-20-18(22-11-13-2-3-13)23-12-14-8-9-21-17(10-14)24-16-6-4-15(19)5-7-16;/h4-10,13H,2-3,11-12H2,1H3,(H2,20,22,23);1H. The molecular formula is C18H22FIN4O. The summed E-state index contributed by atoms with van der Waals surface area (Å²) in [6, 6.07) is 9.63. The van der Waals surface area contributed by atoms with E-state index >= 15 is 0 Å². The van der Waals surface area contributed by atoms with Gasteiger partial charge in [0.25, 0.3) is 0 Å². The highest BCUT2D eigenvalue weighted by molar-refractivity contribution is 14.0. The topological polar surface area (TPSA) is 58.5 Å². The van der Waals surface area contributed by atoms with Crippen molar-refractivity contribution < 1.29 is 9.13 Å². The van der Waals surface area contributed by atoms with Gasteiger partial charge in [-0.2, -0.15) is 0 Å². The first-order valence-electron chi connectivity index (χ1n) is 8.06. The number of benzene rings is 1. The summed E-state index contributed by atoms with van der Waals surface area (Å²) in [6.45, 7) is 1.58. The van der Waals surface area contributed by atoms with Crippen LogP contribution in [-0.2, 0) is 6.54 Å². The van der Waals surface area contributed by atoms with Crippen LogP contribution >= 0.6 is 24.0 Å². The first kappa shape index (κ1) is 19.4. The van der Waals surface area contributed by atoms with Crippen LogP contribution in [0.15, 0.2) is 47.6 Å². The van der Waals surface area contributed by atoms with Gasteiger partial charge in [0.2, 0.25) is 5.88 Å². The van der Waals surface area contributed by atoms with Gasteiger partial charge in [-0.05, 0) is 54.7 Å². The molecule has 0 bridgehead atoms. The van der Waals surface area contributed by atoms with Gasteiger partial charge in [-0.3, -0.25) is 4.99 Å². The molecule has 0 aliphatic heterocycles. The normalized spacial score (nSPS) is 13.8. The second kappa shape index (κ2) is 9.55. The number of halogens is 2. The average Bonchev–Trinajstić information content (AvgIpc) is 3.42. The van der Waals surface area contributed by atoms with Gasteiger partial charge >= 0.3 is 0 Å². The van der Waals surface area contributed by atoms with Crippen molar-refractivity contribution in [2.75, 3.05) is 13.6 Å². The number of hydrogen-bond acceptors (Lipinski definition) is 3. The molecule has 134 valence electrons. The Morgan fingerprint density at radius 2 is 2.00 bits per heavy atom. The smallest absolute Gasteiger partial charge is 0.219 e. The fourth-order valence-electron chi connectivity index (χ4n) is 2.21. The van der Waals surface area contributed by atoms with Crippen LogP contribution in [0.5, 0.6) is 11.6 Å². The largest absolute Gasteiger partial charge is 0.439 e. The first-order valence-corrected chi connectivity index (χ1v) is 8.06. The van der Waals surface area contributed by atoms with Crippen LogP contribution in [0.3, 0.4) is 0 Å². The summed E-state index contributed by atoms with van der Waals surface area (Å²) in [5, 5.41) is 6.59. The molecule has 0 radical (unpaired) electrons. The number of guanidine groups is 1. The van der Waals surface area contributed by atoms with E-state index in [-0.39, 0.29) is 29.8 Å². The molecular weight excluding hydrogens is 434 g/mol. The predicted octanol–water partition coefficient (Wildman–Crippen LogP) is 3.71. The van der Waals surface area contributed by atoms with Gasteiger partial charge in [-0.1, -0.05) is 0 Å². The summed E-state index contributed by atoms with van der Waals surface area (Å²) < 4.78 is 18.6. The number of aliphatic imine (C=N–C) groups is 1. The number of nitrogens with one attached hydrogen (secondary N) is 2. The van der Waals surface area contributed by atoms with Crippen LogP contribution in [0.2, 0.25) is 0 Å². The highest BCUT2D eigenvalue weighted by Crippen LogP contribution is 2.27. The minimum Gasteiger partial charge on any atom is -0.439 e. The first-order chi connectivity index (χ1) is 11.7. The van der Waals surface area contributed by atoms with Gasteiger partial charge in [0.15, 0.2) is 5.96 Å². The number of ether oxygens (including phenoxy) is 1. The van der Waals surface area contributed by atoms with Crippen LogP contribution in [-0.4, -0.2) is 24.5 Å². The van der Waals surface area contributed by atoms with E-state index in [2.05, 4.69) is 20.6 Å². The third-order valence-corrected chi connectivity index (χ3v) is 3.77. The molecule has 1 aliphatic carbocycles. The summed E-state index contributed by atoms with van der Waals surface area (Å²) in [4.78, 5) is 8.40. The van der Waals surface area contributed by atoms with Crippen LogP contribution in [0, 0.1) is 11.7 Å². The minimum atomic E-state index is -0.293. The molecule has 0 saturated heterocycles. The molecule has 0 atom stereocenters. The van der Waals surface area contributed by atoms with Crippen LogP contribution in [0.4, 0.5) is 4.39 Å². The fraction of sp³-hybridized carbons (Fsp3) is 0.333. The third-order valence-electron chi connectivity index (χ3n) is 3.77. The van der Waals surface area contributed by atoms with Crippen molar-refractivity contribution in [2.24, 2.45) is 10.9 Å². The molecule has 0 spiro atoms. The van der Waals surface area contributed by atoms with Crippen LogP contribution in [0.1, 0.15) is 18.4 Å². The maximum Gasteiger partial charge on any atom is 0.219 e. The molecule has 2 N–H and O–H groups in total. The highest BCUT2D eigenvalue weighted by atomic mass is 127. The molecule has 5 nitrogen and oxygen atoms in total. The average molecular weight is 456 g/mol.